The second kappa shape index (κ2) is 10.6. The molecule has 0 saturated heterocycles. The first kappa shape index (κ1) is 21.6. The summed E-state index contributed by atoms with van der Waals surface area (Å²) in [6, 6.07) is 10.6. The molecule has 0 bridgehead atoms. The van der Waals surface area contributed by atoms with Gasteiger partial charge >= 0.3 is 0 Å². The van der Waals surface area contributed by atoms with Crippen LogP contribution in [0.25, 0.3) is 0 Å². The van der Waals surface area contributed by atoms with Crippen LogP contribution in [0.1, 0.15) is 36.7 Å². The molecule has 2 aromatic rings. The van der Waals surface area contributed by atoms with Crippen molar-refractivity contribution in [2.45, 2.75) is 27.4 Å². The number of amides is 1. The van der Waals surface area contributed by atoms with Crippen LogP contribution in [0.15, 0.2) is 36.4 Å². The minimum absolute atomic E-state index is 0.239. The van der Waals surface area contributed by atoms with Gasteiger partial charge in [-0.3, -0.25) is 4.79 Å². The van der Waals surface area contributed by atoms with Crippen molar-refractivity contribution in [2.24, 2.45) is 5.92 Å². The van der Waals surface area contributed by atoms with Crippen LogP contribution in [0.4, 0.5) is 5.69 Å². The molecule has 0 unspecified atom stereocenters. The van der Waals surface area contributed by atoms with Gasteiger partial charge in [0.1, 0.15) is 17.2 Å². The molecule has 2 rings (SSSR count). The van der Waals surface area contributed by atoms with E-state index in [1.54, 1.807) is 50.6 Å². The Morgan fingerprint density at radius 3 is 2.46 bits per heavy atom. The topological polar surface area (TPSA) is 66.0 Å². The van der Waals surface area contributed by atoms with Crippen molar-refractivity contribution < 1.29 is 23.7 Å². The molecule has 1 amide bonds. The highest BCUT2D eigenvalue weighted by Gasteiger charge is 2.14. The number of nitrogens with one attached hydrogen (secondary N) is 1. The monoisotopic (exact) mass is 387 g/mol. The van der Waals surface area contributed by atoms with Crippen LogP contribution in [-0.2, 0) is 11.3 Å². The number of rotatable bonds is 10. The van der Waals surface area contributed by atoms with Gasteiger partial charge in [-0.25, -0.2) is 0 Å². The third kappa shape index (κ3) is 5.89. The van der Waals surface area contributed by atoms with Gasteiger partial charge in [-0.05, 0) is 43.2 Å². The maximum Gasteiger partial charge on any atom is 0.255 e. The zero-order chi connectivity index (χ0) is 20.5. The molecule has 0 aliphatic carbocycles. The maximum absolute atomic E-state index is 12.8. The predicted octanol–water partition coefficient (Wildman–Crippen LogP) is 4.53. The van der Waals surface area contributed by atoms with Crippen molar-refractivity contribution in [1.29, 1.82) is 0 Å². The van der Waals surface area contributed by atoms with Crippen LogP contribution in [0.5, 0.6) is 17.2 Å². The largest absolute Gasteiger partial charge is 0.497 e. The summed E-state index contributed by atoms with van der Waals surface area (Å²) >= 11 is 0. The molecule has 152 valence electrons. The van der Waals surface area contributed by atoms with E-state index in [0.717, 1.165) is 11.3 Å². The average molecular weight is 387 g/mol. The van der Waals surface area contributed by atoms with Crippen LogP contribution in [0.2, 0.25) is 0 Å². The summed E-state index contributed by atoms with van der Waals surface area (Å²) in [6.45, 7) is 7.69. The Labute approximate surface area is 166 Å². The van der Waals surface area contributed by atoms with Crippen LogP contribution in [0, 0.1) is 5.92 Å². The number of benzene rings is 2. The van der Waals surface area contributed by atoms with E-state index >= 15 is 0 Å². The van der Waals surface area contributed by atoms with E-state index in [1.807, 2.05) is 6.92 Å². The lowest BCUT2D eigenvalue weighted by Crippen LogP contribution is -2.14. The Kier molecular flexibility index (Phi) is 8.14. The van der Waals surface area contributed by atoms with Crippen molar-refractivity contribution in [3.63, 3.8) is 0 Å². The minimum atomic E-state index is -0.239. The molecule has 6 nitrogen and oxygen atoms in total. The number of ether oxygens (including phenoxy) is 4. The van der Waals surface area contributed by atoms with E-state index in [1.165, 1.54) is 0 Å². The van der Waals surface area contributed by atoms with E-state index in [2.05, 4.69) is 19.2 Å². The van der Waals surface area contributed by atoms with Gasteiger partial charge in [0.2, 0.25) is 0 Å². The summed E-state index contributed by atoms with van der Waals surface area (Å²) in [5.41, 5.74) is 1.93. The molecule has 28 heavy (non-hydrogen) atoms. The third-order valence-electron chi connectivity index (χ3n) is 3.99. The van der Waals surface area contributed by atoms with Crippen molar-refractivity contribution >= 4 is 11.6 Å². The molecule has 2 aromatic carbocycles. The zero-order valence-corrected chi connectivity index (χ0v) is 17.2. The van der Waals surface area contributed by atoms with E-state index in [9.17, 15) is 4.79 Å². The molecular weight excluding hydrogens is 358 g/mol. The van der Waals surface area contributed by atoms with Gasteiger partial charge in [0.25, 0.3) is 5.91 Å². The first-order valence-corrected chi connectivity index (χ1v) is 9.35. The SMILES string of the molecule is CCOc1ccc(C(=O)Nc2ccc(OC)cc2OC)cc1COCC(C)C. The summed E-state index contributed by atoms with van der Waals surface area (Å²) in [7, 11) is 3.13. The lowest BCUT2D eigenvalue weighted by molar-refractivity contribution is 0.0948. The second-order valence-corrected chi connectivity index (χ2v) is 6.68. The summed E-state index contributed by atoms with van der Waals surface area (Å²) in [5.74, 6) is 2.10. The highest BCUT2D eigenvalue weighted by Crippen LogP contribution is 2.30. The molecule has 0 aliphatic rings. The summed E-state index contributed by atoms with van der Waals surface area (Å²) in [6.07, 6.45) is 0. The van der Waals surface area contributed by atoms with Gasteiger partial charge < -0.3 is 24.3 Å². The van der Waals surface area contributed by atoms with E-state index < -0.39 is 0 Å². The molecule has 0 aromatic heterocycles. The standard InChI is InChI=1S/C22H29NO5/c1-6-28-20-10-7-16(11-17(20)14-27-13-15(2)3)22(24)23-19-9-8-18(25-4)12-21(19)26-5/h7-12,15H,6,13-14H2,1-5H3,(H,23,24). The Hall–Kier alpha value is -2.73. The van der Waals surface area contributed by atoms with Crippen molar-refractivity contribution in [3.8, 4) is 17.2 Å². The molecule has 0 heterocycles. The van der Waals surface area contributed by atoms with Crippen LogP contribution in [0.3, 0.4) is 0 Å². The molecule has 0 fully saturated rings. The Bertz CT molecular complexity index is 788. The number of hydrogen-bond acceptors (Lipinski definition) is 5. The maximum atomic E-state index is 12.8. The van der Waals surface area contributed by atoms with E-state index in [-0.39, 0.29) is 5.91 Å². The molecule has 0 spiro atoms. The van der Waals surface area contributed by atoms with Gasteiger partial charge in [-0.15, -0.1) is 0 Å². The summed E-state index contributed by atoms with van der Waals surface area (Å²) < 4.78 is 21.9. The first-order chi connectivity index (χ1) is 13.5. The molecule has 1 N–H and O–H groups in total. The van der Waals surface area contributed by atoms with Gasteiger partial charge in [-0.2, -0.15) is 0 Å². The fourth-order valence-corrected chi connectivity index (χ4v) is 2.63. The van der Waals surface area contributed by atoms with Crippen LogP contribution < -0.4 is 19.5 Å². The number of anilines is 1. The summed E-state index contributed by atoms with van der Waals surface area (Å²) in [5, 5.41) is 2.88. The van der Waals surface area contributed by atoms with Crippen LogP contribution >= 0.6 is 0 Å². The minimum Gasteiger partial charge on any atom is -0.497 e. The molecule has 0 saturated carbocycles. The normalized spacial score (nSPS) is 10.6. The number of hydrogen-bond donors (Lipinski definition) is 1. The second-order valence-electron chi connectivity index (χ2n) is 6.68. The van der Waals surface area contributed by atoms with Gasteiger partial charge in [-0.1, -0.05) is 13.8 Å². The molecule has 0 atom stereocenters. The Morgan fingerprint density at radius 2 is 1.82 bits per heavy atom. The van der Waals surface area contributed by atoms with Crippen molar-refractivity contribution in [1.82, 2.24) is 0 Å². The van der Waals surface area contributed by atoms with Crippen LogP contribution in [-0.4, -0.2) is 33.3 Å². The van der Waals surface area contributed by atoms with Crippen molar-refractivity contribution in [3.05, 3.63) is 47.5 Å². The smallest absolute Gasteiger partial charge is 0.255 e. The van der Waals surface area contributed by atoms with Gasteiger partial charge in [0.05, 0.1) is 33.1 Å². The fraction of sp³-hybridized carbons (Fsp3) is 0.409. The lowest BCUT2D eigenvalue weighted by Gasteiger charge is -2.15. The van der Waals surface area contributed by atoms with Crippen molar-refractivity contribution in [2.75, 3.05) is 32.8 Å². The number of methoxy groups -OCH3 is 2. The Morgan fingerprint density at radius 1 is 1.04 bits per heavy atom. The highest BCUT2D eigenvalue weighted by atomic mass is 16.5. The fourth-order valence-electron chi connectivity index (χ4n) is 2.63. The highest BCUT2D eigenvalue weighted by molar-refractivity contribution is 6.05. The van der Waals surface area contributed by atoms with Gasteiger partial charge in [0, 0.05) is 23.8 Å². The first-order valence-electron chi connectivity index (χ1n) is 9.35. The quantitative estimate of drug-likeness (QED) is 0.649. The third-order valence-corrected chi connectivity index (χ3v) is 3.99. The summed E-state index contributed by atoms with van der Waals surface area (Å²) in [4.78, 5) is 12.8. The lowest BCUT2D eigenvalue weighted by atomic mass is 10.1. The molecule has 0 aliphatic heterocycles. The van der Waals surface area contributed by atoms with E-state index in [4.69, 9.17) is 18.9 Å². The van der Waals surface area contributed by atoms with Gasteiger partial charge in [0.15, 0.2) is 0 Å². The molecule has 0 radical (unpaired) electrons. The van der Waals surface area contributed by atoms with E-state index in [0.29, 0.717) is 48.5 Å². The molecular formula is C22H29NO5. The number of carbonyl (C=O) groups is 1. The average Bonchev–Trinajstić information content (AvgIpc) is 2.69. The molecule has 6 heteroatoms. The predicted molar refractivity (Wildman–Crippen MR) is 110 cm³/mol. The zero-order valence-electron chi connectivity index (χ0n) is 17.2. The number of carbonyl (C=O) groups excluding carboxylic acids is 1. The Balaban J connectivity index is 2.20.